The van der Waals surface area contributed by atoms with E-state index in [9.17, 15) is 12.8 Å². The maximum absolute atomic E-state index is 13.6. The molecule has 0 atom stereocenters. The van der Waals surface area contributed by atoms with Crippen molar-refractivity contribution in [2.45, 2.75) is 6.42 Å². The molecule has 0 amide bonds. The van der Waals surface area contributed by atoms with E-state index in [0.717, 1.165) is 10.6 Å². The zero-order valence-electron chi connectivity index (χ0n) is 9.98. The summed E-state index contributed by atoms with van der Waals surface area (Å²) in [4.78, 5) is 0. The number of sulfonamides is 1. The molecular weight excluding hydrogens is 243 g/mol. The van der Waals surface area contributed by atoms with Crippen LogP contribution < -0.4 is 9.62 Å². The Kier molecular flexibility index (Phi) is 4.89. The summed E-state index contributed by atoms with van der Waals surface area (Å²) in [6, 6.07) is 5.88. The third-order valence-corrected chi connectivity index (χ3v) is 3.49. The molecule has 0 saturated carbocycles. The van der Waals surface area contributed by atoms with Crippen LogP contribution in [0.4, 0.5) is 10.1 Å². The van der Waals surface area contributed by atoms with E-state index in [4.69, 9.17) is 0 Å². The van der Waals surface area contributed by atoms with Crippen LogP contribution in [0.25, 0.3) is 0 Å². The Balaban J connectivity index is 2.96. The first-order valence-electron chi connectivity index (χ1n) is 5.33. The standard InChI is InChI=1S/C11H17FN2O2S/c1-13-8-5-9-14(17(2,15)16)11-7-4-3-6-10(11)12/h3-4,6-7,13H,5,8-9H2,1-2H3. The molecular formula is C11H17FN2O2S. The van der Waals surface area contributed by atoms with Gasteiger partial charge >= 0.3 is 0 Å². The van der Waals surface area contributed by atoms with Crippen LogP contribution in [0.5, 0.6) is 0 Å². The molecule has 1 N–H and O–H groups in total. The first-order chi connectivity index (χ1) is 7.96. The minimum absolute atomic E-state index is 0.103. The Morgan fingerprint density at radius 2 is 2.00 bits per heavy atom. The summed E-state index contributed by atoms with van der Waals surface area (Å²) in [5, 5.41) is 2.93. The second kappa shape index (κ2) is 5.97. The highest BCUT2D eigenvalue weighted by Gasteiger charge is 2.19. The maximum atomic E-state index is 13.6. The highest BCUT2D eigenvalue weighted by Crippen LogP contribution is 2.21. The number of rotatable bonds is 6. The van der Waals surface area contributed by atoms with Crippen molar-refractivity contribution in [2.75, 3.05) is 30.7 Å². The van der Waals surface area contributed by atoms with Crippen LogP contribution in [0, 0.1) is 5.82 Å². The Hall–Kier alpha value is -1.14. The van der Waals surface area contributed by atoms with Gasteiger partial charge in [-0.3, -0.25) is 4.31 Å². The summed E-state index contributed by atoms with van der Waals surface area (Å²) >= 11 is 0. The van der Waals surface area contributed by atoms with Gasteiger partial charge in [-0.15, -0.1) is 0 Å². The summed E-state index contributed by atoms with van der Waals surface area (Å²) < 4.78 is 37.9. The topological polar surface area (TPSA) is 49.4 Å². The number of nitrogens with one attached hydrogen (secondary N) is 1. The molecule has 1 aromatic carbocycles. The minimum atomic E-state index is -3.46. The highest BCUT2D eigenvalue weighted by molar-refractivity contribution is 7.92. The molecule has 4 nitrogen and oxygen atoms in total. The highest BCUT2D eigenvalue weighted by atomic mass is 32.2. The van der Waals surface area contributed by atoms with Gasteiger partial charge in [0.1, 0.15) is 5.82 Å². The van der Waals surface area contributed by atoms with Gasteiger partial charge < -0.3 is 5.32 Å². The average molecular weight is 260 g/mol. The zero-order valence-corrected chi connectivity index (χ0v) is 10.8. The smallest absolute Gasteiger partial charge is 0.232 e. The van der Waals surface area contributed by atoms with Crippen molar-refractivity contribution in [3.63, 3.8) is 0 Å². The lowest BCUT2D eigenvalue weighted by molar-refractivity contribution is 0.586. The SMILES string of the molecule is CNCCCN(c1ccccc1F)S(C)(=O)=O. The fraction of sp³-hybridized carbons (Fsp3) is 0.455. The molecule has 0 fully saturated rings. The number of para-hydroxylation sites is 1. The van der Waals surface area contributed by atoms with Crippen LogP contribution in [0.1, 0.15) is 6.42 Å². The second-order valence-electron chi connectivity index (χ2n) is 3.74. The zero-order chi connectivity index (χ0) is 12.9. The molecule has 0 aliphatic carbocycles. The van der Waals surface area contributed by atoms with Crippen molar-refractivity contribution in [1.29, 1.82) is 0 Å². The molecule has 0 spiro atoms. The summed E-state index contributed by atoms with van der Waals surface area (Å²) in [5.41, 5.74) is 0.103. The number of hydrogen-bond acceptors (Lipinski definition) is 3. The molecule has 0 bridgehead atoms. The van der Waals surface area contributed by atoms with Crippen LogP contribution >= 0.6 is 0 Å². The predicted molar refractivity (Wildman–Crippen MR) is 67.1 cm³/mol. The van der Waals surface area contributed by atoms with Crippen molar-refractivity contribution in [1.82, 2.24) is 5.32 Å². The van der Waals surface area contributed by atoms with Crippen LogP contribution in [0.15, 0.2) is 24.3 Å². The lowest BCUT2D eigenvalue weighted by Crippen LogP contribution is -2.32. The molecule has 96 valence electrons. The maximum Gasteiger partial charge on any atom is 0.232 e. The Bertz CT molecular complexity index is 462. The molecule has 1 rings (SSSR count). The molecule has 0 aliphatic rings. The third-order valence-electron chi connectivity index (χ3n) is 2.31. The van der Waals surface area contributed by atoms with Gasteiger partial charge in [-0.2, -0.15) is 0 Å². The van der Waals surface area contributed by atoms with E-state index in [1.165, 1.54) is 18.2 Å². The lowest BCUT2D eigenvalue weighted by atomic mass is 10.3. The third kappa shape index (κ3) is 3.98. The van der Waals surface area contributed by atoms with Crippen molar-refractivity contribution in [3.05, 3.63) is 30.1 Å². The van der Waals surface area contributed by atoms with E-state index in [0.29, 0.717) is 13.0 Å². The Morgan fingerprint density at radius 3 is 2.53 bits per heavy atom. The van der Waals surface area contributed by atoms with Gasteiger partial charge in [0.15, 0.2) is 0 Å². The molecule has 0 heterocycles. The fourth-order valence-corrected chi connectivity index (χ4v) is 2.48. The van der Waals surface area contributed by atoms with Crippen molar-refractivity contribution < 1.29 is 12.8 Å². The molecule has 0 radical (unpaired) electrons. The van der Waals surface area contributed by atoms with Crippen molar-refractivity contribution >= 4 is 15.7 Å². The first kappa shape index (κ1) is 13.9. The summed E-state index contributed by atoms with van der Waals surface area (Å²) in [5.74, 6) is -0.526. The Morgan fingerprint density at radius 1 is 1.35 bits per heavy atom. The van der Waals surface area contributed by atoms with E-state index < -0.39 is 15.8 Å². The second-order valence-corrected chi connectivity index (χ2v) is 5.65. The van der Waals surface area contributed by atoms with Crippen LogP contribution in [-0.2, 0) is 10.0 Å². The molecule has 1 aromatic rings. The molecule has 6 heteroatoms. The number of hydrogen-bond donors (Lipinski definition) is 1. The summed E-state index contributed by atoms with van der Waals surface area (Å²) in [6.45, 7) is 0.946. The van der Waals surface area contributed by atoms with E-state index in [-0.39, 0.29) is 12.2 Å². The Labute approximate surface area is 101 Å². The van der Waals surface area contributed by atoms with Gasteiger partial charge in [0, 0.05) is 6.54 Å². The number of anilines is 1. The normalized spacial score (nSPS) is 11.5. The minimum Gasteiger partial charge on any atom is -0.320 e. The van der Waals surface area contributed by atoms with E-state index in [2.05, 4.69) is 5.32 Å². The fourth-order valence-electron chi connectivity index (χ4n) is 1.52. The summed E-state index contributed by atoms with van der Waals surface area (Å²) in [6.07, 6.45) is 1.71. The van der Waals surface area contributed by atoms with Gasteiger partial charge in [-0.1, -0.05) is 12.1 Å². The van der Waals surface area contributed by atoms with E-state index in [1.807, 2.05) is 0 Å². The first-order valence-corrected chi connectivity index (χ1v) is 7.18. The number of nitrogens with zero attached hydrogens (tertiary/aromatic N) is 1. The average Bonchev–Trinajstić information content (AvgIpc) is 2.24. The largest absolute Gasteiger partial charge is 0.320 e. The number of halogens is 1. The predicted octanol–water partition coefficient (Wildman–Crippen LogP) is 1.20. The van der Waals surface area contributed by atoms with Gasteiger partial charge in [-0.05, 0) is 32.1 Å². The summed E-state index contributed by atoms with van der Waals surface area (Å²) in [7, 11) is -1.67. The lowest BCUT2D eigenvalue weighted by Gasteiger charge is -2.22. The van der Waals surface area contributed by atoms with Gasteiger partial charge in [0.2, 0.25) is 10.0 Å². The van der Waals surface area contributed by atoms with Crippen LogP contribution in [0.3, 0.4) is 0 Å². The van der Waals surface area contributed by atoms with E-state index >= 15 is 0 Å². The molecule has 0 aliphatic heterocycles. The van der Waals surface area contributed by atoms with Crippen molar-refractivity contribution in [2.24, 2.45) is 0 Å². The van der Waals surface area contributed by atoms with Gasteiger partial charge in [0.05, 0.1) is 11.9 Å². The van der Waals surface area contributed by atoms with Crippen molar-refractivity contribution in [3.8, 4) is 0 Å². The molecule has 17 heavy (non-hydrogen) atoms. The van der Waals surface area contributed by atoms with Crippen LogP contribution in [0.2, 0.25) is 0 Å². The number of benzene rings is 1. The van der Waals surface area contributed by atoms with E-state index in [1.54, 1.807) is 13.1 Å². The quantitative estimate of drug-likeness (QED) is 0.782. The van der Waals surface area contributed by atoms with Gasteiger partial charge in [-0.25, -0.2) is 12.8 Å². The monoisotopic (exact) mass is 260 g/mol. The molecule has 0 unspecified atom stereocenters. The van der Waals surface area contributed by atoms with Crippen LogP contribution in [-0.4, -0.2) is 34.8 Å². The molecule has 0 saturated heterocycles. The molecule has 0 aromatic heterocycles. The van der Waals surface area contributed by atoms with Gasteiger partial charge in [0.25, 0.3) is 0 Å².